The van der Waals surface area contributed by atoms with Crippen molar-refractivity contribution in [2.75, 3.05) is 20.2 Å². The minimum absolute atomic E-state index is 0.135. The number of nitriles is 1. The zero-order valence-corrected chi connectivity index (χ0v) is 10.3. The van der Waals surface area contributed by atoms with E-state index in [1.807, 2.05) is 6.07 Å². The molecule has 0 aromatic carbocycles. The van der Waals surface area contributed by atoms with Gasteiger partial charge in [-0.05, 0) is 33.1 Å². The van der Waals surface area contributed by atoms with Gasteiger partial charge in [0, 0.05) is 20.2 Å². The second-order valence-corrected chi connectivity index (χ2v) is 4.91. The maximum absolute atomic E-state index is 11.9. The molecule has 16 heavy (non-hydrogen) atoms. The Hall–Kier alpha value is -1.08. The summed E-state index contributed by atoms with van der Waals surface area (Å²) in [7, 11) is 1.74. The highest BCUT2D eigenvalue weighted by atomic mass is 16.5. The topological polar surface area (TPSA) is 53.3 Å². The molecule has 0 saturated carbocycles. The van der Waals surface area contributed by atoms with Crippen LogP contribution in [-0.4, -0.2) is 37.1 Å². The zero-order valence-electron chi connectivity index (χ0n) is 10.3. The van der Waals surface area contributed by atoms with Crippen molar-refractivity contribution in [1.82, 2.24) is 4.90 Å². The van der Waals surface area contributed by atoms with E-state index < -0.39 is 5.41 Å². The molecule has 1 heterocycles. The Balaban J connectivity index is 2.48. The molecule has 0 bridgehead atoms. The SMILES string of the molecule is CN(CC1CCCCO1)C(=O)C(C)(C)C#N. The third kappa shape index (κ3) is 3.21. The summed E-state index contributed by atoms with van der Waals surface area (Å²) in [6, 6.07) is 2.03. The van der Waals surface area contributed by atoms with E-state index in [0.717, 1.165) is 25.9 Å². The normalized spacial score (nSPS) is 21.2. The monoisotopic (exact) mass is 224 g/mol. The fraction of sp³-hybridized carbons (Fsp3) is 0.833. The summed E-state index contributed by atoms with van der Waals surface area (Å²) in [5.74, 6) is -0.135. The molecular weight excluding hydrogens is 204 g/mol. The lowest BCUT2D eigenvalue weighted by atomic mass is 9.94. The lowest BCUT2D eigenvalue weighted by molar-refractivity contribution is -0.138. The molecule has 4 nitrogen and oxygen atoms in total. The molecule has 4 heteroatoms. The van der Waals surface area contributed by atoms with Gasteiger partial charge in [0.05, 0.1) is 12.2 Å². The Morgan fingerprint density at radius 3 is 2.75 bits per heavy atom. The molecular formula is C12H20N2O2. The summed E-state index contributed by atoms with van der Waals surface area (Å²) in [4.78, 5) is 13.5. The van der Waals surface area contributed by atoms with Crippen LogP contribution in [0, 0.1) is 16.7 Å². The highest BCUT2D eigenvalue weighted by Crippen LogP contribution is 2.19. The van der Waals surface area contributed by atoms with Gasteiger partial charge >= 0.3 is 0 Å². The van der Waals surface area contributed by atoms with Gasteiger partial charge in [-0.25, -0.2) is 0 Å². The minimum Gasteiger partial charge on any atom is -0.376 e. The predicted molar refractivity (Wildman–Crippen MR) is 60.6 cm³/mol. The van der Waals surface area contributed by atoms with Crippen LogP contribution in [0.25, 0.3) is 0 Å². The van der Waals surface area contributed by atoms with Crippen molar-refractivity contribution in [3.05, 3.63) is 0 Å². The molecule has 0 aliphatic carbocycles. The van der Waals surface area contributed by atoms with Gasteiger partial charge < -0.3 is 9.64 Å². The molecule has 1 unspecified atom stereocenters. The van der Waals surface area contributed by atoms with Gasteiger partial charge in [-0.15, -0.1) is 0 Å². The highest BCUT2D eigenvalue weighted by Gasteiger charge is 2.31. The van der Waals surface area contributed by atoms with Crippen LogP contribution in [0.3, 0.4) is 0 Å². The molecule has 1 rings (SSSR count). The zero-order chi connectivity index (χ0) is 12.2. The second-order valence-electron chi connectivity index (χ2n) is 4.91. The Morgan fingerprint density at radius 2 is 2.25 bits per heavy atom. The molecule has 1 amide bonds. The number of ether oxygens (including phenoxy) is 1. The van der Waals surface area contributed by atoms with Crippen molar-refractivity contribution in [3.8, 4) is 6.07 Å². The minimum atomic E-state index is -0.941. The average Bonchev–Trinajstić information content (AvgIpc) is 2.29. The smallest absolute Gasteiger partial charge is 0.242 e. The Kier molecular flexibility index (Phi) is 4.31. The lowest BCUT2D eigenvalue weighted by Gasteiger charge is -2.30. The van der Waals surface area contributed by atoms with Crippen LogP contribution in [0.5, 0.6) is 0 Å². The number of amides is 1. The summed E-state index contributed by atoms with van der Waals surface area (Å²) in [6.45, 7) is 4.67. The van der Waals surface area contributed by atoms with Crippen molar-refractivity contribution >= 4 is 5.91 Å². The maximum atomic E-state index is 11.9. The van der Waals surface area contributed by atoms with Crippen LogP contribution in [-0.2, 0) is 9.53 Å². The van der Waals surface area contributed by atoms with E-state index in [4.69, 9.17) is 10.00 Å². The largest absolute Gasteiger partial charge is 0.376 e. The summed E-state index contributed by atoms with van der Waals surface area (Å²) >= 11 is 0. The first-order chi connectivity index (χ1) is 7.47. The van der Waals surface area contributed by atoms with Crippen LogP contribution < -0.4 is 0 Å². The molecule has 1 fully saturated rings. The third-order valence-electron chi connectivity index (χ3n) is 2.91. The van der Waals surface area contributed by atoms with Gasteiger partial charge in [-0.2, -0.15) is 5.26 Å². The van der Waals surface area contributed by atoms with E-state index in [1.165, 1.54) is 0 Å². The molecule has 1 saturated heterocycles. The number of rotatable bonds is 3. The van der Waals surface area contributed by atoms with Gasteiger partial charge in [0.25, 0.3) is 0 Å². The number of hydrogen-bond donors (Lipinski definition) is 0. The molecule has 0 radical (unpaired) electrons. The summed E-state index contributed by atoms with van der Waals surface area (Å²) in [6.07, 6.45) is 3.41. The number of nitrogens with zero attached hydrogens (tertiary/aromatic N) is 2. The lowest BCUT2D eigenvalue weighted by Crippen LogP contribution is -2.42. The van der Waals surface area contributed by atoms with Crippen LogP contribution >= 0.6 is 0 Å². The number of hydrogen-bond acceptors (Lipinski definition) is 3. The third-order valence-corrected chi connectivity index (χ3v) is 2.91. The van der Waals surface area contributed by atoms with Gasteiger partial charge in [0.2, 0.25) is 5.91 Å². The van der Waals surface area contributed by atoms with Crippen LogP contribution in [0.4, 0.5) is 0 Å². The maximum Gasteiger partial charge on any atom is 0.242 e. The van der Waals surface area contributed by atoms with Crippen molar-refractivity contribution < 1.29 is 9.53 Å². The second kappa shape index (κ2) is 5.31. The van der Waals surface area contributed by atoms with Gasteiger partial charge in [-0.1, -0.05) is 0 Å². The molecule has 0 aromatic heterocycles. The van der Waals surface area contributed by atoms with E-state index in [9.17, 15) is 4.79 Å². The van der Waals surface area contributed by atoms with Crippen molar-refractivity contribution in [3.63, 3.8) is 0 Å². The van der Waals surface area contributed by atoms with Gasteiger partial charge in [-0.3, -0.25) is 4.79 Å². The van der Waals surface area contributed by atoms with E-state index in [-0.39, 0.29) is 12.0 Å². The van der Waals surface area contributed by atoms with Crippen LogP contribution in [0.1, 0.15) is 33.1 Å². The average molecular weight is 224 g/mol. The van der Waals surface area contributed by atoms with E-state index in [0.29, 0.717) is 6.54 Å². The summed E-state index contributed by atoms with van der Waals surface area (Å²) in [5.41, 5.74) is -0.941. The van der Waals surface area contributed by atoms with E-state index >= 15 is 0 Å². The standard InChI is InChI=1S/C12H20N2O2/c1-12(2,9-13)11(15)14(3)8-10-6-4-5-7-16-10/h10H,4-8H2,1-3H3. The Bertz CT molecular complexity index is 288. The predicted octanol–water partition coefficient (Wildman–Crippen LogP) is 1.56. The van der Waals surface area contributed by atoms with Crippen LogP contribution in [0.2, 0.25) is 0 Å². The first kappa shape index (κ1) is 13.0. The first-order valence-corrected chi connectivity index (χ1v) is 5.76. The van der Waals surface area contributed by atoms with Crippen molar-refractivity contribution in [2.45, 2.75) is 39.2 Å². The quantitative estimate of drug-likeness (QED) is 0.731. The first-order valence-electron chi connectivity index (χ1n) is 5.76. The summed E-state index contributed by atoms with van der Waals surface area (Å²) in [5, 5.41) is 8.89. The molecule has 1 aliphatic rings. The van der Waals surface area contributed by atoms with Gasteiger partial charge in [0.1, 0.15) is 5.41 Å². The molecule has 90 valence electrons. The van der Waals surface area contributed by atoms with E-state index in [2.05, 4.69) is 0 Å². The van der Waals surface area contributed by atoms with Crippen molar-refractivity contribution in [1.29, 1.82) is 5.26 Å². The fourth-order valence-electron chi connectivity index (χ4n) is 1.86. The molecule has 1 aliphatic heterocycles. The fourth-order valence-corrected chi connectivity index (χ4v) is 1.86. The molecule has 0 aromatic rings. The molecule has 1 atom stereocenters. The summed E-state index contributed by atoms with van der Waals surface area (Å²) < 4.78 is 5.57. The highest BCUT2D eigenvalue weighted by molar-refractivity contribution is 5.84. The number of carbonyl (C=O) groups excluding carboxylic acids is 1. The van der Waals surface area contributed by atoms with Gasteiger partial charge in [0.15, 0.2) is 0 Å². The molecule has 0 N–H and O–H groups in total. The van der Waals surface area contributed by atoms with Crippen molar-refractivity contribution in [2.24, 2.45) is 5.41 Å². The van der Waals surface area contributed by atoms with E-state index in [1.54, 1.807) is 25.8 Å². The van der Waals surface area contributed by atoms with Crippen LogP contribution in [0.15, 0.2) is 0 Å². The molecule has 0 spiro atoms. The number of likely N-dealkylation sites (N-methyl/N-ethyl adjacent to an activating group) is 1. The Morgan fingerprint density at radius 1 is 1.56 bits per heavy atom. The Labute approximate surface area is 97.2 Å². The number of carbonyl (C=O) groups is 1.